The maximum Gasteiger partial charge on any atom is 0.131 e. The summed E-state index contributed by atoms with van der Waals surface area (Å²) in [5, 5.41) is 2.67. The third-order valence-electron chi connectivity index (χ3n) is 12.2. The molecule has 3 aliphatic carbocycles. The lowest BCUT2D eigenvalue weighted by Gasteiger charge is -2.40. The summed E-state index contributed by atoms with van der Waals surface area (Å²) in [4.78, 5) is 0. The molecule has 7 aromatic rings. The molecule has 0 amide bonds. The molecule has 0 aromatic heterocycles. The molecule has 51 heavy (non-hydrogen) atoms. The standard InChI is InChI=1S/C50H36O/c1-49(2)41-23-7-8-26-45(41)51-46-28-27-33(30-44(46)49)32-15-9-16-34(29-32)35-19-12-25-43-48(35)38-18-4-6-22-40(38)50(43)39-21-5-3-17-36(39)37-20-10-13-31-14-11-24-42(50)47(31)37/h3-8,10-15,17-30H,9,16H2,1-2H3. The molecule has 0 bridgehead atoms. The fraction of sp³-hybridized carbons (Fsp3) is 0.120. The Morgan fingerprint density at radius 1 is 0.510 bits per heavy atom. The van der Waals surface area contributed by atoms with Gasteiger partial charge >= 0.3 is 0 Å². The van der Waals surface area contributed by atoms with E-state index < -0.39 is 5.41 Å². The highest BCUT2D eigenvalue weighted by Crippen LogP contribution is 2.63. The first-order valence-electron chi connectivity index (χ1n) is 18.2. The summed E-state index contributed by atoms with van der Waals surface area (Å²) in [6.07, 6.45) is 6.90. The van der Waals surface area contributed by atoms with Crippen molar-refractivity contribution in [2.24, 2.45) is 0 Å². The number of ether oxygens (including phenoxy) is 1. The molecule has 0 radical (unpaired) electrons. The summed E-state index contributed by atoms with van der Waals surface area (Å²) in [6.45, 7) is 4.63. The van der Waals surface area contributed by atoms with Crippen molar-refractivity contribution in [3.05, 3.63) is 202 Å². The van der Waals surface area contributed by atoms with Gasteiger partial charge < -0.3 is 4.74 Å². The van der Waals surface area contributed by atoms with Crippen LogP contribution in [0.2, 0.25) is 0 Å². The number of rotatable bonds is 2. The van der Waals surface area contributed by atoms with Crippen LogP contribution in [-0.4, -0.2) is 0 Å². The van der Waals surface area contributed by atoms with Gasteiger partial charge in [-0.1, -0.05) is 153 Å². The van der Waals surface area contributed by atoms with Crippen molar-refractivity contribution in [1.29, 1.82) is 0 Å². The maximum atomic E-state index is 6.42. The Labute approximate surface area is 299 Å². The van der Waals surface area contributed by atoms with Crippen molar-refractivity contribution in [3.63, 3.8) is 0 Å². The molecule has 1 aliphatic heterocycles. The number of benzene rings is 7. The third-order valence-corrected chi connectivity index (χ3v) is 12.2. The van der Waals surface area contributed by atoms with Crippen LogP contribution in [0.25, 0.3) is 44.2 Å². The first-order valence-corrected chi connectivity index (χ1v) is 18.2. The lowest BCUT2D eigenvalue weighted by Crippen LogP contribution is -2.31. The van der Waals surface area contributed by atoms with Crippen LogP contribution in [0.1, 0.15) is 71.2 Å². The van der Waals surface area contributed by atoms with E-state index in [4.69, 9.17) is 4.74 Å². The maximum absolute atomic E-state index is 6.42. The van der Waals surface area contributed by atoms with Gasteiger partial charge in [-0.2, -0.15) is 0 Å². The van der Waals surface area contributed by atoms with Crippen LogP contribution in [0.3, 0.4) is 0 Å². The van der Waals surface area contributed by atoms with Crippen LogP contribution >= 0.6 is 0 Å². The first kappa shape index (κ1) is 28.9. The summed E-state index contributed by atoms with van der Waals surface area (Å²) in [5.74, 6) is 1.91. The lowest BCUT2D eigenvalue weighted by atomic mass is 9.61. The summed E-state index contributed by atoms with van der Waals surface area (Å²) < 4.78 is 6.42. The Bertz CT molecular complexity index is 2700. The second-order valence-corrected chi connectivity index (χ2v) is 15.1. The Hall–Kier alpha value is -5.92. The smallest absolute Gasteiger partial charge is 0.131 e. The normalized spacial score (nSPS) is 18.5. The van der Waals surface area contributed by atoms with E-state index in [-0.39, 0.29) is 5.41 Å². The van der Waals surface area contributed by atoms with Crippen molar-refractivity contribution >= 4 is 21.9 Å². The van der Waals surface area contributed by atoms with Gasteiger partial charge in [0.1, 0.15) is 11.5 Å². The van der Waals surface area contributed by atoms with Gasteiger partial charge in [-0.05, 0) is 109 Å². The molecule has 11 rings (SSSR count). The Balaban J connectivity index is 1.11. The molecular formula is C50H36O. The molecule has 0 saturated carbocycles. The van der Waals surface area contributed by atoms with Crippen LogP contribution in [0.5, 0.6) is 11.5 Å². The highest BCUT2D eigenvalue weighted by Gasteiger charge is 2.50. The van der Waals surface area contributed by atoms with Crippen LogP contribution in [0, 0.1) is 0 Å². The van der Waals surface area contributed by atoms with Crippen molar-refractivity contribution in [2.75, 3.05) is 0 Å². The Morgan fingerprint density at radius 3 is 2.00 bits per heavy atom. The fourth-order valence-corrected chi connectivity index (χ4v) is 9.98. The van der Waals surface area contributed by atoms with Gasteiger partial charge in [0, 0.05) is 16.5 Å². The van der Waals surface area contributed by atoms with Gasteiger partial charge in [0.05, 0.1) is 5.41 Å². The quantitative estimate of drug-likeness (QED) is 0.181. The minimum atomic E-state index is -0.402. The summed E-state index contributed by atoms with van der Waals surface area (Å²) in [7, 11) is 0. The van der Waals surface area contributed by atoms with E-state index in [9.17, 15) is 0 Å². The molecule has 0 saturated heterocycles. The van der Waals surface area contributed by atoms with E-state index in [0.717, 1.165) is 24.3 Å². The van der Waals surface area contributed by atoms with Gasteiger partial charge in [-0.15, -0.1) is 0 Å². The zero-order chi connectivity index (χ0) is 33.9. The Kier molecular flexibility index (Phi) is 5.84. The second kappa shape index (κ2) is 10.3. The molecule has 0 N–H and O–H groups in total. The molecule has 1 atom stereocenters. The van der Waals surface area contributed by atoms with Crippen molar-refractivity contribution in [2.45, 2.75) is 37.5 Å². The lowest BCUT2D eigenvalue weighted by molar-refractivity contribution is 0.418. The van der Waals surface area contributed by atoms with E-state index in [1.54, 1.807) is 0 Å². The minimum absolute atomic E-state index is 0.155. The van der Waals surface area contributed by atoms with Crippen LogP contribution in [0.15, 0.2) is 158 Å². The zero-order valence-corrected chi connectivity index (χ0v) is 28.8. The van der Waals surface area contributed by atoms with Crippen molar-refractivity contribution < 1.29 is 4.74 Å². The number of para-hydroxylation sites is 1. The highest BCUT2D eigenvalue weighted by atomic mass is 16.5. The minimum Gasteiger partial charge on any atom is -0.457 e. The van der Waals surface area contributed by atoms with E-state index in [1.165, 1.54) is 88.7 Å². The van der Waals surface area contributed by atoms with E-state index in [1.807, 2.05) is 0 Å². The van der Waals surface area contributed by atoms with Gasteiger partial charge in [-0.25, -0.2) is 0 Å². The SMILES string of the molecule is CC1(C)c2ccccc2Oc2ccc(C3=CCCC(c4cccc5c4-c4ccccc4C54c5ccccc5-c5cccc6cccc4c56)=C3)cc21. The highest BCUT2D eigenvalue weighted by molar-refractivity contribution is 6.08. The fourth-order valence-electron chi connectivity index (χ4n) is 9.98. The predicted octanol–water partition coefficient (Wildman–Crippen LogP) is 12.9. The number of fused-ring (bicyclic) bond motifs is 11. The zero-order valence-electron chi connectivity index (χ0n) is 28.8. The molecule has 0 fully saturated rings. The number of hydrogen-bond donors (Lipinski definition) is 0. The van der Waals surface area contributed by atoms with Gasteiger partial charge in [0.15, 0.2) is 0 Å². The molecule has 242 valence electrons. The molecule has 1 unspecified atom stereocenters. The van der Waals surface area contributed by atoms with E-state index in [2.05, 4.69) is 172 Å². The van der Waals surface area contributed by atoms with Crippen molar-refractivity contribution in [3.8, 4) is 33.8 Å². The molecule has 4 aliphatic rings. The van der Waals surface area contributed by atoms with Gasteiger partial charge in [0.25, 0.3) is 0 Å². The van der Waals surface area contributed by atoms with E-state index >= 15 is 0 Å². The monoisotopic (exact) mass is 652 g/mol. The topological polar surface area (TPSA) is 9.23 Å². The van der Waals surface area contributed by atoms with Crippen LogP contribution in [-0.2, 0) is 10.8 Å². The summed E-state index contributed by atoms with van der Waals surface area (Å²) in [5.41, 5.74) is 18.1. The summed E-state index contributed by atoms with van der Waals surface area (Å²) >= 11 is 0. The average Bonchev–Trinajstić information content (AvgIpc) is 3.48. The third kappa shape index (κ3) is 3.76. The predicted molar refractivity (Wildman–Crippen MR) is 211 cm³/mol. The van der Waals surface area contributed by atoms with Crippen LogP contribution < -0.4 is 4.74 Å². The molecule has 1 heterocycles. The molecule has 7 aromatic carbocycles. The number of hydrogen-bond acceptors (Lipinski definition) is 1. The average molecular weight is 653 g/mol. The molecule has 1 nitrogen and oxygen atoms in total. The molecule has 1 heteroatoms. The van der Waals surface area contributed by atoms with Gasteiger partial charge in [-0.3, -0.25) is 0 Å². The van der Waals surface area contributed by atoms with E-state index in [0.29, 0.717) is 0 Å². The first-order chi connectivity index (χ1) is 25.0. The second-order valence-electron chi connectivity index (χ2n) is 15.1. The Morgan fingerprint density at radius 2 is 1.14 bits per heavy atom. The van der Waals surface area contributed by atoms with Crippen molar-refractivity contribution in [1.82, 2.24) is 0 Å². The molecule has 1 spiro atoms. The van der Waals surface area contributed by atoms with Crippen LogP contribution in [0.4, 0.5) is 0 Å². The molecular weight excluding hydrogens is 617 g/mol. The van der Waals surface area contributed by atoms with Gasteiger partial charge in [0.2, 0.25) is 0 Å². The largest absolute Gasteiger partial charge is 0.457 e. The summed E-state index contributed by atoms with van der Waals surface area (Å²) in [6, 6.07) is 54.4. The number of allylic oxidation sites excluding steroid dienone is 4.